The minimum atomic E-state index is 1.22. The highest BCUT2D eigenvalue weighted by atomic mass is 79.9. The van der Waals surface area contributed by atoms with E-state index in [9.17, 15) is 0 Å². The molecule has 0 atom stereocenters. The van der Waals surface area contributed by atoms with Crippen LogP contribution in [0.3, 0.4) is 0 Å². The molecule has 0 spiro atoms. The molecule has 1 heteroatoms. The number of halogens is 1. The summed E-state index contributed by atoms with van der Waals surface area (Å²) in [7, 11) is 0. The third-order valence-electron chi connectivity index (χ3n) is 4.01. The minimum Gasteiger partial charge on any atom is -0.0654 e. The second-order valence-electron chi connectivity index (χ2n) is 5.88. The summed E-state index contributed by atoms with van der Waals surface area (Å²) < 4.78 is 1.27. The van der Waals surface area contributed by atoms with Gasteiger partial charge in [-0.25, -0.2) is 0 Å². The average Bonchev–Trinajstić information content (AvgIpc) is 2.46. The molecule has 1 aromatic carbocycles. The molecule has 114 valence electrons. The topological polar surface area (TPSA) is 0 Å². The molecule has 0 amide bonds. The van der Waals surface area contributed by atoms with Gasteiger partial charge in [-0.2, -0.15) is 0 Å². The van der Waals surface area contributed by atoms with Gasteiger partial charge in [-0.15, -0.1) is 0 Å². The second-order valence-corrected chi connectivity index (χ2v) is 6.73. The Labute approximate surface area is 134 Å². The molecule has 1 rings (SSSR count). The molecule has 0 aliphatic rings. The van der Waals surface area contributed by atoms with Crippen LogP contribution in [0.4, 0.5) is 0 Å². The zero-order chi connectivity index (χ0) is 14.5. The Bertz CT molecular complexity index is 332. The molecule has 0 saturated carbocycles. The van der Waals surface area contributed by atoms with E-state index < -0.39 is 0 Å². The third kappa shape index (κ3) is 8.79. The number of rotatable bonds is 12. The minimum absolute atomic E-state index is 1.22. The Kier molecular flexibility index (Phi) is 11.0. The van der Waals surface area contributed by atoms with Crippen molar-refractivity contribution in [3.63, 3.8) is 0 Å². The van der Waals surface area contributed by atoms with Gasteiger partial charge in [-0.05, 0) is 24.5 Å². The van der Waals surface area contributed by atoms with E-state index in [1.807, 2.05) is 0 Å². The van der Waals surface area contributed by atoms with E-state index >= 15 is 0 Å². The van der Waals surface area contributed by atoms with Crippen LogP contribution in [0, 0.1) is 0 Å². The summed E-state index contributed by atoms with van der Waals surface area (Å²) in [5, 5.41) is 0. The molecule has 0 N–H and O–H groups in total. The van der Waals surface area contributed by atoms with Crippen LogP contribution in [-0.4, -0.2) is 0 Å². The molecule has 1 aromatic rings. The van der Waals surface area contributed by atoms with Crippen molar-refractivity contribution >= 4 is 15.9 Å². The van der Waals surface area contributed by atoms with Gasteiger partial charge in [0.05, 0.1) is 0 Å². The van der Waals surface area contributed by atoms with E-state index in [1.54, 1.807) is 0 Å². The predicted molar refractivity (Wildman–Crippen MR) is 94.3 cm³/mol. The highest BCUT2D eigenvalue weighted by Crippen LogP contribution is 2.19. The molecule has 0 saturated heterocycles. The molecule has 0 bridgehead atoms. The number of hydrogen-bond acceptors (Lipinski definition) is 0. The van der Waals surface area contributed by atoms with Gasteiger partial charge >= 0.3 is 0 Å². The van der Waals surface area contributed by atoms with Crippen molar-refractivity contribution in [2.24, 2.45) is 0 Å². The molecule has 0 heterocycles. The maximum atomic E-state index is 3.63. The Morgan fingerprint density at radius 3 is 1.75 bits per heavy atom. The van der Waals surface area contributed by atoms with Crippen LogP contribution in [0.2, 0.25) is 0 Å². The summed E-state index contributed by atoms with van der Waals surface area (Å²) in [6.45, 7) is 2.29. The molecule has 20 heavy (non-hydrogen) atoms. The van der Waals surface area contributed by atoms with Crippen molar-refractivity contribution in [1.29, 1.82) is 0 Å². The summed E-state index contributed by atoms with van der Waals surface area (Å²) in [5.41, 5.74) is 1.46. The first-order valence-electron chi connectivity index (χ1n) is 8.58. The first-order valence-corrected chi connectivity index (χ1v) is 9.37. The van der Waals surface area contributed by atoms with Gasteiger partial charge in [0.2, 0.25) is 0 Å². The third-order valence-corrected chi connectivity index (χ3v) is 4.78. The fraction of sp³-hybridized carbons (Fsp3) is 0.684. The zero-order valence-electron chi connectivity index (χ0n) is 13.2. The lowest BCUT2D eigenvalue weighted by molar-refractivity contribution is 0.549. The molecule has 0 aliphatic heterocycles. The summed E-state index contributed by atoms with van der Waals surface area (Å²) in [6.07, 6.45) is 16.8. The highest BCUT2D eigenvalue weighted by molar-refractivity contribution is 9.10. The number of hydrogen-bond donors (Lipinski definition) is 0. The molecular formula is C19H31Br. The van der Waals surface area contributed by atoms with Gasteiger partial charge in [-0.3, -0.25) is 0 Å². The normalized spacial score (nSPS) is 10.9. The zero-order valence-corrected chi connectivity index (χ0v) is 14.8. The highest BCUT2D eigenvalue weighted by Gasteiger charge is 1.98. The van der Waals surface area contributed by atoms with E-state index in [0.717, 1.165) is 0 Å². The Morgan fingerprint density at radius 1 is 0.700 bits per heavy atom. The number of benzene rings is 1. The van der Waals surface area contributed by atoms with Crippen LogP contribution in [0.1, 0.15) is 83.1 Å². The summed E-state index contributed by atoms with van der Waals surface area (Å²) in [4.78, 5) is 0. The number of unbranched alkanes of at least 4 members (excludes halogenated alkanes) is 10. The van der Waals surface area contributed by atoms with Crippen molar-refractivity contribution < 1.29 is 0 Å². The first-order chi connectivity index (χ1) is 9.84. The SMILES string of the molecule is CCCCCCCCCCCCCc1ccccc1Br. The molecule has 0 aliphatic carbocycles. The molecule has 0 unspecified atom stereocenters. The van der Waals surface area contributed by atoms with E-state index in [1.165, 1.54) is 87.1 Å². The Morgan fingerprint density at radius 2 is 1.20 bits per heavy atom. The Balaban J connectivity index is 1.87. The van der Waals surface area contributed by atoms with Crippen molar-refractivity contribution in [3.8, 4) is 0 Å². The van der Waals surface area contributed by atoms with Crippen molar-refractivity contribution in [1.82, 2.24) is 0 Å². The lowest BCUT2D eigenvalue weighted by Crippen LogP contribution is -1.87. The van der Waals surface area contributed by atoms with Crippen LogP contribution in [0.25, 0.3) is 0 Å². The average molecular weight is 339 g/mol. The second kappa shape index (κ2) is 12.4. The maximum absolute atomic E-state index is 3.63. The smallest absolute Gasteiger partial charge is 0.0207 e. The van der Waals surface area contributed by atoms with E-state index in [2.05, 4.69) is 47.1 Å². The quantitative estimate of drug-likeness (QED) is 0.350. The van der Waals surface area contributed by atoms with Crippen LogP contribution in [0.5, 0.6) is 0 Å². The molecule has 0 nitrogen and oxygen atoms in total. The summed E-state index contributed by atoms with van der Waals surface area (Å²) >= 11 is 3.63. The number of aryl methyl sites for hydroxylation is 1. The lowest BCUT2D eigenvalue weighted by atomic mass is 10.0. The van der Waals surface area contributed by atoms with Gasteiger partial charge in [0.1, 0.15) is 0 Å². The van der Waals surface area contributed by atoms with Crippen LogP contribution in [-0.2, 0) is 6.42 Å². The van der Waals surface area contributed by atoms with E-state index in [0.29, 0.717) is 0 Å². The largest absolute Gasteiger partial charge is 0.0654 e. The molecule has 0 aromatic heterocycles. The van der Waals surface area contributed by atoms with Crippen LogP contribution >= 0.6 is 15.9 Å². The molecular weight excluding hydrogens is 308 g/mol. The predicted octanol–water partition coefficient (Wildman–Crippen LogP) is 7.30. The van der Waals surface area contributed by atoms with Crippen molar-refractivity contribution in [3.05, 3.63) is 34.3 Å². The van der Waals surface area contributed by atoms with Gasteiger partial charge in [0.25, 0.3) is 0 Å². The van der Waals surface area contributed by atoms with Gasteiger partial charge < -0.3 is 0 Å². The summed E-state index contributed by atoms with van der Waals surface area (Å²) in [6, 6.07) is 8.61. The first kappa shape index (κ1) is 17.8. The lowest BCUT2D eigenvalue weighted by Gasteiger charge is -2.04. The Hall–Kier alpha value is -0.300. The fourth-order valence-corrected chi connectivity index (χ4v) is 3.16. The maximum Gasteiger partial charge on any atom is 0.0207 e. The standard InChI is InChI=1S/C19H31Br/c1-2-3-4-5-6-7-8-9-10-11-12-15-18-16-13-14-17-19(18)20/h13-14,16-17H,2-12,15H2,1H3. The van der Waals surface area contributed by atoms with Gasteiger partial charge in [0.15, 0.2) is 0 Å². The molecule has 0 radical (unpaired) electrons. The van der Waals surface area contributed by atoms with Crippen molar-refractivity contribution in [2.45, 2.75) is 84.0 Å². The summed E-state index contributed by atoms with van der Waals surface area (Å²) in [5.74, 6) is 0. The van der Waals surface area contributed by atoms with Crippen molar-refractivity contribution in [2.75, 3.05) is 0 Å². The van der Waals surface area contributed by atoms with Gasteiger partial charge in [0, 0.05) is 4.47 Å². The van der Waals surface area contributed by atoms with Gasteiger partial charge in [-0.1, -0.05) is 105 Å². The monoisotopic (exact) mass is 338 g/mol. The van der Waals surface area contributed by atoms with Crippen LogP contribution in [0.15, 0.2) is 28.7 Å². The van der Waals surface area contributed by atoms with E-state index in [4.69, 9.17) is 0 Å². The van der Waals surface area contributed by atoms with Crippen LogP contribution < -0.4 is 0 Å². The molecule has 0 fully saturated rings. The fourth-order valence-electron chi connectivity index (χ4n) is 2.68. The van der Waals surface area contributed by atoms with E-state index in [-0.39, 0.29) is 0 Å².